The predicted octanol–water partition coefficient (Wildman–Crippen LogP) is 1.76. The fraction of sp³-hybridized carbons (Fsp3) is 0.889. The second-order valence-electron chi connectivity index (χ2n) is 3.50. The normalized spacial score (nSPS) is 13.3. The summed E-state index contributed by atoms with van der Waals surface area (Å²) in [6, 6.07) is 0. The van der Waals surface area contributed by atoms with Gasteiger partial charge >= 0.3 is 0 Å². The highest BCUT2D eigenvalue weighted by Crippen LogP contribution is 2.04. The van der Waals surface area contributed by atoms with E-state index in [-0.39, 0.29) is 11.9 Å². The summed E-state index contributed by atoms with van der Waals surface area (Å²) in [5.74, 6) is 0.834. The van der Waals surface area contributed by atoms with E-state index in [1.165, 1.54) is 6.42 Å². The van der Waals surface area contributed by atoms with Gasteiger partial charge in [-0.2, -0.15) is 0 Å². The number of nitrogens with two attached hydrogens (primary N) is 1. The number of hydrogen-bond acceptors (Lipinski definition) is 2. The molecule has 3 heteroatoms. The first-order valence-corrected chi connectivity index (χ1v) is 4.49. The Morgan fingerprint density at radius 1 is 1.42 bits per heavy atom. The first-order valence-electron chi connectivity index (χ1n) is 4.49. The lowest BCUT2D eigenvalue weighted by Crippen LogP contribution is -2.27. The standard InChI is InChI=1S/C9H20N2O/c1-7(2)5-4-6-12-8(3)9(10)11/h7-8H,4-6H2,1-3H3,(H3,10,11). The van der Waals surface area contributed by atoms with Gasteiger partial charge in [-0.1, -0.05) is 13.8 Å². The largest absolute Gasteiger partial charge is 0.385 e. The van der Waals surface area contributed by atoms with Crippen molar-refractivity contribution in [3.63, 3.8) is 0 Å². The Bertz CT molecular complexity index is 134. The zero-order valence-corrected chi connectivity index (χ0v) is 8.26. The maximum Gasteiger partial charge on any atom is 0.120 e. The van der Waals surface area contributed by atoms with Crippen molar-refractivity contribution in [2.75, 3.05) is 6.61 Å². The number of ether oxygens (including phenoxy) is 1. The van der Waals surface area contributed by atoms with Crippen molar-refractivity contribution in [2.24, 2.45) is 11.7 Å². The van der Waals surface area contributed by atoms with E-state index in [0.717, 1.165) is 12.3 Å². The van der Waals surface area contributed by atoms with Gasteiger partial charge in [-0.15, -0.1) is 0 Å². The highest BCUT2D eigenvalue weighted by Gasteiger charge is 2.04. The van der Waals surface area contributed by atoms with E-state index in [4.69, 9.17) is 15.9 Å². The van der Waals surface area contributed by atoms with Crippen LogP contribution in [-0.4, -0.2) is 18.5 Å². The van der Waals surface area contributed by atoms with E-state index >= 15 is 0 Å². The van der Waals surface area contributed by atoms with Gasteiger partial charge in [-0.25, -0.2) is 0 Å². The van der Waals surface area contributed by atoms with Crippen LogP contribution in [0.3, 0.4) is 0 Å². The second kappa shape index (κ2) is 6.00. The third-order valence-corrected chi connectivity index (χ3v) is 1.73. The number of amidine groups is 1. The Labute approximate surface area is 74.8 Å². The second-order valence-corrected chi connectivity index (χ2v) is 3.50. The quantitative estimate of drug-likeness (QED) is 0.364. The molecular weight excluding hydrogens is 152 g/mol. The fourth-order valence-corrected chi connectivity index (χ4v) is 0.841. The number of nitrogens with one attached hydrogen (secondary N) is 1. The molecule has 0 aliphatic carbocycles. The zero-order chi connectivity index (χ0) is 9.56. The molecule has 0 radical (unpaired) electrons. The van der Waals surface area contributed by atoms with Crippen LogP contribution in [-0.2, 0) is 4.74 Å². The van der Waals surface area contributed by atoms with Crippen LogP contribution in [0.25, 0.3) is 0 Å². The van der Waals surface area contributed by atoms with E-state index in [2.05, 4.69) is 13.8 Å². The molecule has 72 valence electrons. The SMILES string of the molecule is CC(C)CCCOC(C)C(=N)N. The molecule has 1 atom stereocenters. The average Bonchev–Trinajstić information content (AvgIpc) is 1.97. The molecule has 0 aliphatic rings. The fourth-order valence-electron chi connectivity index (χ4n) is 0.841. The summed E-state index contributed by atoms with van der Waals surface area (Å²) in [5.41, 5.74) is 5.24. The van der Waals surface area contributed by atoms with Gasteiger partial charge in [0.05, 0.1) is 0 Å². The first-order chi connectivity index (χ1) is 5.54. The van der Waals surface area contributed by atoms with Crippen molar-refractivity contribution in [1.29, 1.82) is 5.41 Å². The van der Waals surface area contributed by atoms with Gasteiger partial charge in [0.15, 0.2) is 0 Å². The molecular formula is C9H20N2O. The third-order valence-electron chi connectivity index (χ3n) is 1.73. The van der Waals surface area contributed by atoms with Crippen molar-refractivity contribution >= 4 is 5.84 Å². The molecule has 1 unspecified atom stereocenters. The van der Waals surface area contributed by atoms with Gasteiger partial charge < -0.3 is 10.5 Å². The summed E-state index contributed by atoms with van der Waals surface area (Å²) in [6.07, 6.45) is 2.00. The topological polar surface area (TPSA) is 59.1 Å². The summed E-state index contributed by atoms with van der Waals surface area (Å²) in [5, 5.41) is 7.07. The van der Waals surface area contributed by atoms with Gasteiger partial charge in [0.25, 0.3) is 0 Å². The molecule has 0 aromatic heterocycles. The van der Waals surface area contributed by atoms with Gasteiger partial charge in [0, 0.05) is 6.61 Å². The molecule has 0 spiro atoms. The predicted molar refractivity (Wildman–Crippen MR) is 51.4 cm³/mol. The number of hydrogen-bond donors (Lipinski definition) is 2. The molecule has 0 saturated heterocycles. The van der Waals surface area contributed by atoms with E-state index in [1.54, 1.807) is 6.92 Å². The minimum Gasteiger partial charge on any atom is -0.385 e. The molecule has 0 heterocycles. The molecule has 0 fully saturated rings. The molecule has 0 rings (SSSR count). The van der Waals surface area contributed by atoms with Crippen LogP contribution in [0, 0.1) is 11.3 Å². The maximum absolute atomic E-state index is 7.07. The van der Waals surface area contributed by atoms with Crippen molar-refractivity contribution in [3.8, 4) is 0 Å². The van der Waals surface area contributed by atoms with Crippen molar-refractivity contribution < 1.29 is 4.74 Å². The lowest BCUT2D eigenvalue weighted by molar-refractivity contribution is 0.103. The third kappa shape index (κ3) is 6.16. The summed E-state index contributed by atoms with van der Waals surface area (Å²) < 4.78 is 5.30. The smallest absolute Gasteiger partial charge is 0.120 e. The van der Waals surface area contributed by atoms with Crippen LogP contribution in [0.4, 0.5) is 0 Å². The van der Waals surface area contributed by atoms with Crippen LogP contribution >= 0.6 is 0 Å². The Morgan fingerprint density at radius 2 is 2.00 bits per heavy atom. The summed E-state index contributed by atoms with van der Waals surface area (Å²) in [6.45, 7) is 6.89. The van der Waals surface area contributed by atoms with Crippen LogP contribution in [0.15, 0.2) is 0 Å². The Hall–Kier alpha value is -0.570. The molecule has 0 bridgehead atoms. The summed E-state index contributed by atoms with van der Waals surface area (Å²) in [7, 11) is 0. The molecule has 0 aromatic carbocycles. The van der Waals surface area contributed by atoms with Crippen molar-refractivity contribution in [3.05, 3.63) is 0 Å². The maximum atomic E-state index is 7.07. The van der Waals surface area contributed by atoms with E-state index in [1.807, 2.05) is 0 Å². The number of rotatable bonds is 6. The van der Waals surface area contributed by atoms with Crippen LogP contribution in [0.2, 0.25) is 0 Å². The van der Waals surface area contributed by atoms with Gasteiger partial charge in [-0.3, -0.25) is 5.41 Å². The average molecular weight is 172 g/mol. The molecule has 0 aliphatic heterocycles. The molecule has 0 saturated carbocycles. The molecule has 0 aromatic rings. The summed E-state index contributed by atoms with van der Waals surface area (Å²) >= 11 is 0. The molecule has 12 heavy (non-hydrogen) atoms. The Morgan fingerprint density at radius 3 is 2.42 bits per heavy atom. The van der Waals surface area contributed by atoms with Gasteiger partial charge in [0.2, 0.25) is 0 Å². The van der Waals surface area contributed by atoms with Crippen molar-refractivity contribution in [2.45, 2.75) is 39.7 Å². The highest BCUT2D eigenvalue weighted by atomic mass is 16.5. The Kier molecular flexibility index (Phi) is 5.72. The van der Waals surface area contributed by atoms with Crippen LogP contribution < -0.4 is 5.73 Å². The van der Waals surface area contributed by atoms with Crippen LogP contribution in [0.5, 0.6) is 0 Å². The highest BCUT2D eigenvalue weighted by molar-refractivity contribution is 5.81. The Balaban J connectivity index is 3.25. The van der Waals surface area contributed by atoms with Gasteiger partial charge in [-0.05, 0) is 25.7 Å². The lowest BCUT2D eigenvalue weighted by atomic mass is 10.1. The summed E-state index contributed by atoms with van der Waals surface area (Å²) in [4.78, 5) is 0. The van der Waals surface area contributed by atoms with E-state index in [9.17, 15) is 0 Å². The first kappa shape index (κ1) is 11.4. The molecule has 0 amide bonds. The van der Waals surface area contributed by atoms with Crippen LogP contribution in [0.1, 0.15) is 33.6 Å². The minimum absolute atomic E-state index is 0.111. The van der Waals surface area contributed by atoms with Gasteiger partial charge in [0.1, 0.15) is 11.9 Å². The molecule has 3 nitrogen and oxygen atoms in total. The monoisotopic (exact) mass is 172 g/mol. The zero-order valence-electron chi connectivity index (χ0n) is 8.26. The minimum atomic E-state index is -0.225. The van der Waals surface area contributed by atoms with Crippen molar-refractivity contribution in [1.82, 2.24) is 0 Å². The molecule has 3 N–H and O–H groups in total. The lowest BCUT2D eigenvalue weighted by Gasteiger charge is -2.11. The van der Waals surface area contributed by atoms with E-state index < -0.39 is 0 Å². The van der Waals surface area contributed by atoms with E-state index in [0.29, 0.717) is 6.61 Å².